The molecule has 1 aromatic rings. The van der Waals surface area contributed by atoms with Gasteiger partial charge in [-0.25, -0.2) is 4.79 Å². The summed E-state index contributed by atoms with van der Waals surface area (Å²) in [6.07, 6.45) is 0.829. The SMILES string of the molecule is CC[C@@H](C)NC(=O)NC(=O)CSc1ccc(Br)cc1. The van der Waals surface area contributed by atoms with E-state index in [1.165, 1.54) is 11.8 Å². The molecule has 2 N–H and O–H groups in total. The van der Waals surface area contributed by atoms with Crippen LogP contribution in [0.15, 0.2) is 33.6 Å². The number of thioether (sulfide) groups is 1. The topological polar surface area (TPSA) is 58.2 Å². The second-order valence-corrected chi connectivity index (χ2v) is 6.04. The highest BCUT2D eigenvalue weighted by molar-refractivity contribution is 9.10. The molecule has 0 radical (unpaired) electrons. The average Bonchev–Trinajstić information content (AvgIpc) is 2.37. The summed E-state index contributed by atoms with van der Waals surface area (Å²) in [6, 6.07) is 7.29. The zero-order valence-corrected chi connectivity index (χ0v) is 13.3. The van der Waals surface area contributed by atoms with Crippen molar-refractivity contribution in [2.45, 2.75) is 31.2 Å². The molecule has 0 unspecified atom stereocenters. The van der Waals surface area contributed by atoms with Crippen LogP contribution in [0.5, 0.6) is 0 Å². The van der Waals surface area contributed by atoms with Crippen LogP contribution in [0.25, 0.3) is 0 Å². The number of urea groups is 1. The number of hydrogen-bond donors (Lipinski definition) is 2. The summed E-state index contributed by atoms with van der Waals surface area (Å²) in [5.74, 6) is -0.0797. The number of hydrogen-bond acceptors (Lipinski definition) is 3. The van der Waals surface area contributed by atoms with Gasteiger partial charge in [0.25, 0.3) is 0 Å². The third kappa shape index (κ3) is 6.63. The van der Waals surface area contributed by atoms with Crippen LogP contribution in [0.4, 0.5) is 4.79 Å². The van der Waals surface area contributed by atoms with E-state index < -0.39 is 6.03 Å². The standard InChI is InChI=1S/C13H17BrN2O2S/c1-3-9(2)15-13(18)16-12(17)8-19-11-6-4-10(14)5-7-11/h4-7,9H,3,8H2,1-2H3,(H2,15,16,17,18)/t9-/m1/s1. The summed E-state index contributed by atoms with van der Waals surface area (Å²) in [6.45, 7) is 3.86. The Labute approximate surface area is 125 Å². The number of carbonyl (C=O) groups excluding carboxylic acids is 2. The average molecular weight is 345 g/mol. The molecule has 0 aliphatic rings. The Hall–Kier alpha value is -1.01. The molecular weight excluding hydrogens is 328 g/mol. The number of amides is 3. The van der Waals surface area contributed by atoms with E-state index in [2.05, 4.69) is 26.6 Å². The zero-order chi connectivity index (χ0) is 14.3. The summed E-state index contributed by atoms with van der Waals surface area (Å²) in [4.78, 5) is 24.0. The summed E-state index contributed by atoms with van der Waals surface area (Å²) >= 11 is 4.74. The Bertz CT molecular complexity index is 437. The Morgan fingerprint density at radius 2 is 1.95 bits per heavy atom. The minimum atomic E-state index is -0.434. The van der Waals surface area contributed by atoms with E-state index in [-0.39, 0.29) is 17.7 Å². The molecule has 6 heteroatoms. The molecule has 1 rings (SSSR count). The van der Waals surface area contributed by atoms with Crippen LogP contribution >= 0.6 is 27.7 Å². The van der Waals surface area contributed by atoms with Gasteiger partial charge in [-0.1, -0.05) is 22.9 Å². The Kier molecular flexibility index (Phi) is 6.94. The fourth-order valence-corrected chi connectivity index (χ4v) is 2.17. The Morgan fingerprint density at radius 3 is 2.53 bits per heavy atom. The maximum atomic E-state index is 11.6. The predicted octanol–water partition coefficient (Wildman–Crippen LogP) is 3.17. The van der Waals surface area contributed by atoms with Gasteiger partial charge < -0.3 is 5.32 Å². The van der Waals surface area contributed by atoms with E-state index in [0.29, 0.717) is 0 Å². The van der Waals surface area contributed by atoms with Crippen molar-refractivity contribution in [3.05, 3.63) is 28.7 Å². The van der Waals surface area contributed by atoms with Gasteiger partial charge in [0.1, 0.15) is 0 Å². The van der Waals surface area contributed by atoms with Crippen LogP contribution in [-0.4, -0.2) is 23.7 Å². The number of carbonyl (C=O) groups is 2. The van der Waals surface area contributed by atoms with Gasteiger partial charge in [0.15, 0.2) is 0 Å². The summed E-state index contributed by atoms with van der Waals surface area (Å²) in [7, 11) is 0. The Balaban J connectivity index is 2.31. The van der Waals surface area contributed by atoms with Gasteiger partial charge in [-0.3, -0.25) is 10.1 Å². The van der Waals surface area contributed by atoms with Gasteiger partial charge >= 0.3 is 6.03 Å². The van der Waals surface area contributed by atoms with Crippen LogP contribution in [0.2, 0.25) is 0 Å². The summed E-state index contributed by atoms with van der Waals surface area (Å²) in [5.41, 5.74) is 0. The first kappa shape index (κ1) is 16.0. The van der Waals surface area contributed by atoms with Gasteiger partial charge in [0.05, 0.1) is 5.75 Å². The lowest BCUT2D eigenvalue weighted by Gasteiger charge is -2.11. The summed E-state index contributed by atoms with van der Waals surface area (Å²) < 4.78 is 0.995. The fourth-order valence-electron chi connectivity index (χ4n) is 1.20. The zero-order valence-electron chi connectivity index (χ0n) is 10.9. The van der Waals surface area contributed by atoms with Crippen LogP contribution in [0.1, 0.15) is 20.3 Å². The highest BCUT2D eigenvalue weighted by Gasteiger charge is 2.09. The highest BCUT2D eigenvalue weighted by atomic mass is 79.9. The number of halogens is 1. The normalized spacial score (nSPS) is 11.7. The molecule has 0 fully saturated rings. The fraction of sp³-hybridized carbons (Fsp3) is 0.385. The number of imide groups is 1. The van der Waals surface area contributed by atoms with E-state index in [1.54, 1.807) is 0 Å². The molecule has 0 saturated heterocycles. The van der Waals surface area contributed by atoms with Crippen molar-refractivity contribution in [2.75, 3.05) is 5.75 Å². The molecular formula is C13H17BrN2O2S. The van der Waals surface area contributed by atoms with E-state index in [9.17, 15) is 9.59 Å². The minimum absolute atomic E-state index is 0.0620. The van der Waals surface area contributed by atoms with Gasteiger partial charge in [0, 0.05) is 15.4 Å². The molecule has 0 bridgehead atoms. The van der Waals surface area contributed by atoms with Crippen LogP contribution in [0.3, 0.4) is 0 Å². The highest BCUT2D eigenvalue weighted by Crippen LogP contribution is 2.20. The third-order valence-electron chi connectivity index (χ3n) is 2.43. The maximum Gasteiger partial charge on any atom is 0.321 e. The number of benzene rings is 1. The van der Waals surface area contributed by atoms with Crippen molar-refractivity contribution in [3.8, 4) is 0 Å². The molecule has 0 aliphatic carbocycles. The first-order valence-corrected chi connectivity index (χ1v) is 7.77. The van der Waals surface area contributed by atoms with Gasteiger partial charge in [-0.2, -0.15) is 0 Å². The van der Waals surface area contributed by atoms with Gasteiger partial charge in [-0.15, -0.1) is 11.8 Å². The monoisotopic (exact) mass is 344 g/mol. The Morgan fingerprint density at radius 1 is 1.32 bits per heavy atom. The molecule has 0 aromatic heterocycles. The molecule has 104 valence electrons. The van der Waals surface area contributed by atoms with Crippen LogP contribution in [-0.2, 0) is 4.79 Å². The second-order valence-electron chi connectivity index (χ2n) is 4.07. The van der Waals surface area contributed by atoms with Crippen molar-refractivity contribution in [3.63, 3.8) is 0 Å². The summed E-state index contributed by atoms with van der Waals surface area (Å²) in [5, 5.41) is 4.99. The minimum Gasteiger partial charge on any atom is -0.335 e. The van der Waals surface area contributed by atoms with Crippen molar-refractivity contribution < 1.29 is 9.59 Å². The van der Waals surface area contributed by atoms with E-state index in [4.69, 9.17) is 0 Å². The van der Waals surface area contributed by atoms with Gasteiger partial charge in [-0.05, 0) is 37.6 Å². The first-order valence-electron chi connectivity index (χ1n) is 6.00. The lowest BCUT2D eigenvalue weighted by atomic mass is 10.3. The molecule has 0 saturated carbocycles. The predicted molar refractivity (Wildman–Crippen MR) is 81.3 cm³/mol. The van der Waals surface area contributed by atoms with Crippen molar-refractivity contribution in [1.82, 2.24) is 10.6 Å². The van der Waals surface area contributed by atoms with Crippen molar-refractivity contribution in [2.24, 2.45) is 0 Å². The lowest BCUT2D eigenvalue weighted by molar-refractivity contribution is -0.117. The molecule has 1 aromatic carbocycles. The smallest absolute Gasteiger partial charge is 0.321 e. The molecule has 4 nitrogen and oxygen atoms in total. The second kappa shape index (κ2) is 8.22. The van der Waals surface area contributed by atoms with Gasteiger partial charge in [0.2, 0.25) is 5.91 Å². The lowest BCUT2D eigenvalue weighted by Crippen LogP contribution is -2.43. The molecule has 3 amide bonds. The van der Waals surface area contributed by atoms with Crippen molar-refractivity contribution in [1.29, 1.82) is 0 Å². The molecule has 19 heavy (non-hydrogen) atoms. The van der Waals surface area contributed by atoms with E-state index in [0.717, 1.165) is 15.8 Å². The number of rotatable bonds is 5. The van der Waals surface area contributed by atoms with E-state index >= 15 is 0 Å². The number of nitrogens with one attached hydrogen (secondary N) is 2. The first-order chi connectivity index (χ1) is 9.01. The van der Waals surface area contributed by atoms with Crippen LogP contribution < -0.4 is 10.6 Å². The third-order valence-corrected chi connectivity index (χ3v) is 3.97. The molecule has 0 heterocycles. The van der Waals surface area contributed by atoms with E-state index in [1.807, 2.05) is 38.1 Å². The van der Waals surface area contributed by atoms with Crippen molar-refractivity contribution >= 4 is 39.6 Å². The largest absolute Gasteiger partial charge is 0.335 e. The van der Waals surface area contributed by atoms with Crippen LogP contribution in [0, 0.1) is 0 Å². The quantitative estimate of drug-likeness (QED) is 0.806. The molecule has 0 spiro atoms. The molecule has 1 atom stereocenters. The molecule has 0 aliphatic heterocycles. The maximum absolute atomic E-state index is 11.6.